The summed E-state index contributed by atoms with van der Waals surface area (Å²) in [6.07, 6.45) is 0.947. The minimum absolute atomic E-state index is 0. The maximum atomic E-state index is 12.6. The molecule has 2 N–H and O–H groups in total. The number of rotatable bonds is 4. The molecule has 0 spiro atoms. The van der Waals surface area contributed by atoms with Gasteiger partial charge in [-0.25, -0.2) is 4.39 Å². The fourth-order valence-electron chi connectivity index (χ4n) is 1.73. The molecule has 18 heavy (non-hydrogen) atoms. The molecule has 0 aromatic heterocycles. The average molecular weight is 275 g/mol. The van der Waals surface area contributed by atoms with E-state index < -0.39 is 0 Å². The molecule has 1 fully saturated rings. The van der Waals surface area contributed by atoms with E-state index in [-0.39, 0.29) is 36.8 Å². The molecule has 0 radical (unpaired) electrons. The second kappa shape index (κ2) is 7.18. The second-order valence-corrected chi connectivity index (χ2v) is 4.00. The Kier molecular flexibility index (Phi) is 5.88. The molecule has 100 valence electrons. The third kappa shape index (κ3) is 4.50. The van der Waals surface area contributed by atoms with Crippen LogP contribution in [0.25, 0.3) is 0 Å². The Bertz CT molecular complexity index is 380. The number of amides is 1. The number of carbonyl (C=O) groups excluding carboxylic acids is 1. The summed E-state index contributed by atoms with van der Waals surface area (Å²) in [6, 6.07) is 5.79. The molecule has 4 nitrogen and oxygen atoms in total. The van der Waals surface area contributed by atoms with Gasteiger partial charge in [0.25, 0.3) is 5.91 Å². The van der Waals surface area contributed by atoms with Crippen molar-refractivity contribution in [1.29, 1.82) is 0 Å². The first-order chi connectivity index (χ1) is 8.24. The lowest BCUT2D eigenvalue weighted by Gasteiger charge is -2.11. The predicted octanol–water partition coefficient (Wildman–Crippen LogP) is 1.10. The van der Waals surface area contributed by atoms with Crippen LogP contribution in [0.4, 0.5) is 4.39 Å². The summed E-state index contributed by atoms with van der Waals surface area (Å²) >= 11 is 0. The van der Waals surface area contributed by atoms with Gasteiger partial charge in [0.2, 0.25) is 0 Å². The van der Waals surface area contributed by atoms with Gasteiger partial charge in [-0.2, -0.15) is 0 Å². The molecule has 0 bridgehead atoms. The van der Waals surface area contributed by atoms with Gasteiger partial charge in [0.1, 0.15) is 11.6 Å². The summed E-state index contributed by atoms with van der Waals surface area (Å²) in [6.45, 7) is 1.70. The highest BCUT2D eigenvalue weighted by atomic mass is 35.5. The van der Waals surface area contributed by atoms with Crippen molar-refractivity contribution in [3.63, 3.8) is 0 Å². The lowest BCUT2D eigenvalue weighted by atomic mass is 10.2. The zero-order chi connectivity index (χ0) is 12.1. The average Bonchev–Trinajstić information content (AvgIpc) is 2.81. The summed E-state index contributed by atoms with van der Waals surface area (Å²) in [5.41, 5.74) is 0. The predicted molar refractivity (Wildman–Crippen MR) is 68.6 cm³/mol. The van der Waals surface area contributed by atoms with Crippen LogP contribution in [-0.4, -0.2) is 31.6 Å². The minimum Gasteiger partial charge on any atom is -0.484 e. The van der Waals surface area contributed by atoms with Crippen molar-refractivity contribution >= 4 is 18.3 Å². The van der Waals surface area contributed by atoms with Crippen LogP contribution >= 0.6 is 12.4 Å². The van der Waals surface area contributed by atoms with Gasteiger partial charge in [-0.15, -0.1) is 12.4 Å². The van der Waals surface area contributed by atoms with Crippen LogP contribution in [0.3, 0.4) is 0 Å². The molecule has 1 aliphatic heterocycles. The fourth-order valence-corrected chi connectivity index (χ4v) is 1.73. The van der Waals surface area contributed by atoms with Crippen LogP contribution in [0.15, 0.2) is 24.3 Å². The molecule has 1 aliphatic rings. The molecule has 1 saturated heterocycles. The third-order valence-electron chi connectivity index (χ3n) is 2.61. The van der Waals surface area contributed by atoms with E-state index >= 15 is 0 Å². The van der Waals surface area contributed by atoms with E-state index in [0.717, 1.165) is 19.5 Å². The molecule has 0 aliphatic carbocycles. The Hall–Kier alpha value is -1.33. The Morgan fingerprint density at radius 2 is 2.17 bits per heavy atom. The first kappa shape index (κ1) is 14.7. The largest absolute Gasteiger partial charge is 0.484 e. The smallest absolute Gasteiger partial charge is 0.258 e. The summed E-state index contributed by atoms with van der Waals surface area (Å²) in [5, 5.41) is 6.02. The van der Waals surface area contributed by atoms with Crippen LogP contribution < -0.4 is 15.4 Å². The molecule has 0 saturated carbocycles. The van der Waals surface area contributed by atoms with Gasteiger partial charge in [-0.1, -0.05) is 0 Å². The highest BCUT2D eigenvalue weighted by Crippen LogP contribution is 2.10. The van der Waals surface area contributed by atoms with Crippen molar-refractivity contribution in [2.24, 2.45) is 0 Å². The SMILES string of the molecule is Cl.O=C(COc1ccc(F)cc1)NC1CCNC1. The van der Waals surface area contributed by atoms with Crippen LogP contribution in [0.1, 0.15) is 6.42 Å². The van der Waals surface area contributed by atoms with Crippen LogP contribution in [0, 0.1) is 5.82 Å². The lowest BCUT2D eigenvalue weighted by molar-refractivity contribution is -0.123. The first-order valence-corrected chi connectivity index (χ1v) is 5.62. The van der Waals surface area contributed by atoms with Crippen LogP contribution in [0.5, 0.6) is 5.75 Å². The number of benzene rings is 1. The van der Waals surface area contributed by atoms with Gasteiger partial charge < -0.3 is 15.4 Å². The van der Waals surface area contributed by atoms with Gasteiger partial charge in [0, 0.05) is 12.6 Å². The number of nitrogens with one attached hydrogen (secondary N) is 2. The van der Waals surface area contributed by atoms with Gasteiger partial charge in [-0.05, 0) is 37.2 Å². The van der Waals surface area contributed by atoms with E-state index in [2.05, 4.69) is 10.6 Å². The number of hydrogen-bond donors (Lipinski definition) is 2. The summed E-state index contributed by atoms with van der Waals surface area (Å²) < 4.78 is 17.8. The molecule has 1 aromatic rings. The topological polar surface area (TPSA) is 50.4 Å². The molecule has 1 amide bonds. The van der Waals surface area contributed by atoms with Gasteiger partial charge in [0.05, 0.1) is 0 Å². The van der Waals surface area contributed by atoms with Crippen molar-refractivity contribution in [1.82, 2.24) is 10.6 Å². The highest BCUT2D eigenvalue weighted by molar-refractivity contribution is 5.85. The maximum absolute atomic E-state index is 12.6. The van der Waals surface area contributed by atoms with E-state index in [1.165, 1.54) is 24.3 Å². The molecular formula is C12H16ClFN2O2. The third-order valence-corrected chi connectivity index (χ3v) is 2.61. The summed E-state index contributed by atoms with van der Waals surface area (Å²) in [5.74, 6) is 0.0213. The van der Waals surface area contributed by atoms with Crippen LogP contribution in [-0.2, 0) is 4.79 Å². The molecule has 1 heterocycles. The molecule has 1 atom stereocenters. The van der Waals surface area contributed by atoms with E-state index in [1.54, 1.807) is 0 Å². The van der Waals surface area contributed by atoms with Crippen LogP contribution in [0.2, 0.25) is 0 Å². The Morgan fingerprint density at radius 1 is 1.44 bits per heavy atom. The molecular weight excluding hydrogens is 259 g/mol. The van der Waals surface area contributed by atoms with Crippen molar-refractivity contribution < 1.29 is 13.9 Å². The first-order valence-electron chi connectivity index (χ1n) is 5.62. The quantitative estimate of drug-likeness (QED) is 0.865. The normalized spacial score (nSPS) is 17.9. The van der Waals surface area contributed by atoms with E-state index in [9.17, 15) is 9.18 Å². The van der Waals surface area contributed by atoms with Gasteiger partial charge in [-0.3, -0.25) is 4.79 Å². The van der Waals surface area contributed by atoms with E-state index in [0.29, 0.717) is 5.75 Å². The zero-order valence-corrected chi connectivity index (χ0v) is 10.6. The summed E-state index contributed by atoms with van der Waals surface area (Å²) in [4.78, 5) is 11.5. The lowest BCUT2D eigenvalue weighted by Crippen LogP contribution is -2.39. The second-order valence-electron chi connectivity index (χ2n) is 4.00. The maximum Gasteiger partial charge on any atom is 0.258 e. The summed E-state index contributed by atoms with van der Waals surface area (Å²) in [7, 11) is 0. The Balaban J connectivity index is 0.00000162. The Labute approximate surface area is 111 Å². The van der Waals surface area contributed by atoms with Crippen molar-refractivity contribution in [3.05, 3.63) is 30.1 Å². The molecule has 6 heteroatoms. The number of carbonyl (C=O) groups is 1. The molecule has 2 rings (SSSR count). The standard InChI is InChI=1S/C12H15FN2O2.ClH/c13-9-1-3-11(4-2-9)17-8-12(16)15-10-5-6-14-7-10;/h1-4,10,14H,5-8H2,(H,15,16);1H. The fraction of sp³-hybridized carbons (Fsp3) is 0.417. The Morgan fingerprint density at radius 3 is 2.78 bits per heavy atom. The van der Waals surface area contributed by atoms with Gasteiger partial charge in [0.15, 0.2) is 6.61 Å². The van der Waals surface area contributed by atoms with E-state index in [1.807, 2.05) is 0 Å². The number of ether oxygens (including phenoxy) is 1. The van der Waals surface area contributed by atoms with Gasteiger partial charge >= 0.3 is 0 Å². The minimum atomic E-state index is -0.321. The zero-order valence-electron chi connectivity index (χ0n) is 9.82. The molecule has 1 aromatic carbocycles. The van der Waals surface area contributed by atoms with E-state index in [4.69, 9.17) is 4.74 Å². The number of halogens is 2. The molecule has 1 unspecified atom stereocenters. The van der Waals surface area contributed by atoms with Crippen molar-refractivity contribution in [3.8, 4) is 5.75 Å². The monoisotopic (exact) mass is 274 g/mol. The van der Waals surface area contributed by atoms with Crippen molar-refractivity contribution in [2.75, 3.05) is 19.7 Å². The highest BCUT2D eigenvalue weighted by Gasteiger charge is 2.16. The van der Waals surface area contributed by atoms with Crippen molar-refractivity contribution in [2.45, 2.75) is 12.5 Å². The number of hydrogen-bond acceptors (Lipinski definition) is 3.